The lowest BCUT2D eigenvalue weighted by molar-refractivity contribution is 0.276. The predicted octanol–water partition coefficient (Wildman–Crippen LogP) is 5.85. The van der Waals surface area contributed by atoms with Crippen LogP contribution in [-0.2, 0) is 6.42 Å². The first-order valence-electron chi connectivity index (χ1n) is 6.57. The lowest BCUT2D eigenvalue weighted by Crippen LogP contribution is -2.26. The monoisotopic (exact) mass is 290 g/mol. The fourth-order valence-corrected chi connectivity index (χ4v) is 2.87. The Labute approximate surface area is 119 Å². The second kappa shape index (κ2) is 7.35. The maximum atomic E-state index is 13.8. The zero-order chi connectivity index (χ0) is 13.6. The molecule has 0 aliphatic heterocycles. The first kappa shape index (κ1) is 15.8. The third kappa shape index (κ3) is 3.86. The number of hydrogen-bond donors (Lipinski definition) is 0. The SMILES string of the molecule is CCCCC(CC)(CCl)Cc1c(F)cccc1Cl. The van der Waals surface area contributed by atoms with E-state index in [0.29, 0.717) is 22.9 Å². The summed E-state index contributed by atoms with van der Waals surface area (Å²) in [5, 5.41) is 0.509. The van der Waals surface area contributed by atoms with Crippen LogP contribution in [0.4, 0.5) is 4.39 Å². The first-order valence-corrected chi connectivity index (χ1v) is 7.48. The molecule has 102 valence electrons. The highest BCUT2D eigenvalue weighted by atomic mass is 35.5. The van der Waals surface area contributed by atoms with E-state index in [0.717, 1.165) is 25.7 Å². The average molecular weight is 291 g/mol. The number of rotatable bonds is 7. The minimum absolute atomic E-state index is 0.0383. The summed E-state index contributed by atoms with van der Waals surface area (Å²) in [6, 6.07) is 4.85. The van der Waals surface area contributed by atoms with Crippen LogP contribution in [0.3, 0.4) is 0 Å². The highest BCUT2D eigenvalue weighted by molar-refractivity contribution is 6.31. The van der Waals surface area contributed by atoms with E-state index in [1.54, 1.807) is 12.1 Å². The second-order valence-electron chi connectivity index (χ2n) is 4.97. The van der Waals surface area contributed by atoms with E-state index in [4.69, 9.17) is 23.2 Å². The molecule has 0 radical (unpaired) electrons. The Morgan fingerprint density at radius 3 is 2.50 bits per heavy atom. The van der Waals surface area contributed by atoms with Gasteiger partial charge in [0.15, 0.2) is 0 Å². The Hall–Kier alpha value is -0.270. The van der Waals surface area contributed by atoms with Crippen LogP contribution in [0.1, 0.15) is 45.1 Å². The molecule has 0 fully saturated rings. The van der Waals surface area contributed by atoms with Crippen LogP contribution in [0.15, 0.2) is 18.2 Å². The van der Waals surface area contributed by atoms with Crippen molar-refractivity contribution in [2.24, 2.45) is 5.41 Å². The zero-order valence-electron chi connectivity index (χ0n) is 11.1. The molecule has 0 aliphatic carbocycles. The molecule has 0 nitrogen and oxygen atoms in total. The Balaban J connectivity index is 2.95. The third-order valence-corrected chi connectivity index (χ3v) is 4.63. The summed E-state index contributed by atoms with van der Waals surface area (Å²) in [6.07, 6.45) is 4.84. The van der Waals surface area contributed by atoms with Gasteiger partial charge in [-0.25, -0.2) is 4.39 Å². The number of halogens is 3. The molecule has 1 unspecified atom stereocenters. The van der Waals surface area contributed by atoms with Gasteiger partial charge >= 0.3 is 0 Å². The van der Waals surface area contributed by atoms with Gasteiger partial charge in [0.05, 0.1) is 0 Å². The highest BCUT2D eigenvalue weighted by Gasteiger charge is 2.29. The van der Waals surface area contributed by atoms with E-state index in [1.165, 1.54) is 6.07 Å². The molecule has 18 heavy (non-hydrogen) atoms. The molecule has 0 aliphatic rings. The molecular weight excluding hydrogens is 270 g/mol. The Morgan fingerprint density at radius 2 is 2.00 bits per heavy atom. The first-order chi connectivity index (χ1) is 8.58. The molecule has 0 saturated carbocycles. The van der Waals surface area contributed by atoms with Crippen LogP contribution in [0, 0.1) is 11.2 Å². The minimum Gasteiger partial charge on any atom is -0.207 e. The quantitative estimate of drug-likeness (QED) is 0.553. The van der Waals surface area contributed by atoms with E-state index >= 15 is 0 Å². The average Bonchev–Trinajstić information content (AvgIpc) is 2.38. The van der Waals surface area contributed by atoms with E-state index in [-0.39, 0.29) is 11.2 Å². The summed E-state index contributed by atoms with van der Waals surface area (Å²) < 4.78 is 13.8. The van der Waals surface area contributed by atoms with Gasteiger partial charge in [0.2, 0.25) is 0 Å². The van der Waals surface area contributed by atoms with Crippen molar-refractivity contribution in [2.75, 3.05) is 5.88 Å². The van der Waals surface area contributed by atoms with Crippen molar-refractivity contribution in [3.8, 4) is 0 Å². The normalized spacial score (nSPS) is 14.5. The van der Waals surface area contributed by atoms with E-state index in [2.05, 4.69) is 13.8 Å². The van der Waals surface area contributed by atoms with Crippen molar-refractivity contribution >= 4 is 23.2 Å². The van der Waals surface area contributed by atoms with Gasteiger partial charge in [-0.2, -0.15) is 0 Å². The Kier molecular flexibility index (Phi) is 6.45. The summed E-state index contributed by atoms with van der Waals surface area (Å²) in [5.74, 6) is 0.329. The molecule has 0 spiro atoms. The van der Waals surface area contributed by atoms with Crippen molar-refractivity contribution in [3.05, 3.63) is 34.6 Å². The molecule has 0 saturated heterocycles. The fourth-order valence-electron chi connectivity index (χ4n) is 2.23. The van der Waals surface area contributed by atoms with Crippen molar-refractivity contribution in [1.82, 2.24) is 0 Å². The topological polar surface area (TPSA) is 0 Å². The summed E-state index contributed by atoms with van der Waals surface area (Å²) in [6.45, 7) is 4.28. The van der Waals surface area contributed by atoms with Gasteiger partial charge in [0.25, 0.3) is 0 Å². The van der Waals surface area contributed by atoms with Gasteiger partial charge in [0, 0.05) is 16.5 Å². The molecule has 1 atom stereocenters. The lowest BCUT2D eigenvalue weighted by Gasteiger charge is -2.31. The summed E-state index contributed by atoms with van der Waals surface area (Å²) in [7, 11) is 0. The van der Waals surface area contributed by atoms with Crippen LogP contribution in [-0.4, -0.2) is 5.88 Å². The molecule has 1 rings (SSSR count). The van der Waals surface area contributed by atoms with Crippen LogP contribution in [0.25, 0.3) is 0 Å². The van der Waals surface area contributed by atoms with Gasteiger partial charge in [0.1, 0.15) is 5.82 Å². The molecule has 3 heteroatoms. The van der Waals surface area contributed by atoms with Gasteiger partial charge in [-0.3, -0.25) is 0 Å². The minimum atomic E-state index is -0.220. The van der Waals surface area contributed by atoms with Gasteiger partial charge in [-0.1, -0.05) is 44.4 Å². The molecule has 1 aromatic rings. The molecule has 0 amide bonds. The van der Waals surface area contributed by atoms with Gasteiger partial charge < -0.3 is 0 Å². The molecule has 0 bridgehead atoms. The molecule has 0 heterocycles. The van der Waals surface area contributed by atoms with Crippen molar-refractivity contribution in [3.63, 3.8) is 0 Å². The molecule has 0 N–H and O–H groups in total. The van der Waals surface area contributed by atoms with E-state index in [9.17, 15) is 4.39 Å². The van der Waals surface area contributed by atoms with Crippen LogP contribution in [0.2, 0.25) is 5.02 Å². The maximum absolute atomic E-state index is 13.8. The second-order valence-corrected chi connectivity index (χ2v) is 5.64. The summed E-state index contributed by atoms with van der Waals surface area (Å²) in [4.78, 5) is 0. The molecule has 1 aromatic carbocycles. The Morgan fingerprint density at radius 1 is 1.28 bits per heavy atom. The van der Waals surface area contributed by atoms with E-state index < -0.39 is 0 Å². The van der Waals surface area contributed by atoms with Crippen molar-refractivity contribution in [1.29, 1.82) is 0 Å². The lowest BCUT2D eigenvalue weighted by atomic mass is 9.77. The van der Waals surface area contributed by atoms with Crippen LogP contribution >= 0.6 is 23.2 Å². The molecular formula is C15H21Cl2F. The smallest absolute Gasteiger partial charge is 0.127 e. The highest BCUT2D eigenvalue weighted by Crippen LogP contribution is 2.37. The third-order valence-electron chi connectivity index (χ3n) is 3.71. The van der Waals surface area contributed by atoms with Crippen molar-refractivity contribution < 1.29 is 4.39 Å². The number of hydrogen-bond acceptors (Lipinski definition) is 0. The van der Waals surface area contributed by atoms with Gasteiger partial charge in [-0.15, -0.1) is 11.6 Å². The van der Waals surface area contributed by atoms with Crippen molar-refractivity contribution in [2.45, 2.75) is 46.0 Å². The summed E-state index contributed by atoms with van der Waals surface area (Å²) >= 11 is 12.2. The summed E-state index contributed by atoms with van der Waals surface area (Å²) in [5.41, 5.74) is 0.571. The maximum Gasteiger partial charge on any atom is 0.127 e. The predicted molar refractivity (Wildman–Crippen MR) is 78.1 cm³/mol. The zero-order valence-corrected chi connectivity index (χ0v) is 12.6. The number of benzene rings is 1. The van der Waals surface area contributed by atoms with Crippen LogP contribution < -0.4 is 0 Å². The van der Waals surface area contributed by atoms with E-state index in [1.807, 2.05) is 0 Å². The Bertz CT molecular complexity index is 353. The largest absolute Gasteiger partial charge is 0.207 e. The molecule has 0 aromatic heterocycles. The number of unbranched alkanes of at least 4 members (excludes halogenated alkanes) is 1. The standard InChI is InChI=1S/C15H21Cl2F/c1-3-5-9-15(4-2,11-16)10-12-13(17)7-6-8-14(12)18/h6-8H,3-5,9-11H2,1-2H3. The van der Waals surface area contributed by atoms with Gasteiger partial charge in [-0.05, 0) is 36.8 Å². The van der Waals surface area contributed by atoms with Crippen LogP contribution in [0.5, 0.6) is 0 Å². The number of alkyl halides is 1. The fraction of sp³-hybridized carbons (Fsp3) is 0.600.